The van der Waals surface area contributed by atoms with Gasteiger partial charge in [-0.15, -0.1) is 0 Å². The van der Waals surface area contributed by atoms with Crippen LogP contribution in [0, 0.1) is 6.92 Å². The Labute approximate surface area is 181 Å². The van der Waals surface area contributed by atoms with Gasteiger partial charge in [0.1, 0.15) is 5.75 Å². The van der Waals surface area contributed by atoms with Crippen LogP contribution in [-0.4, -0.2) is 37.2 Å². The lowest BCUT2D eigenvalue weighted by atomic mass is 10.0. The Morgan fingerprint density at radius 1 is 1.10 bits per heavy atom. The van der Waals surface area contributed by atoms with Crippen LogP contribution in [0.4, 0.5) is 8.78 Å². The molecule has 0 bridgehead atoms. The predicted molar refractivity (Wildman–Crippen MR) is 114 cm³/mol. The van der Waals surface area contributed by atoms with E-state index in [1.54, 1.807) is 17.0 Å². The lowest BCUT2D eigenvalue weighted by molar-refractivity contribution is -0.134. The van der Waals surface area contributed by atoms with E-state index in [2.05, 4.69) is 18.6 Å². The fourth-order valence-corrected chi connectivity index (χ4v) is 3.47. The molecule has 168 valence electrons. The van der Waals surface area contributed by atoms with Crippen LogP contribution in [0.3, 0.4) is 0 Å². The lowest BCUT2D eigenvalue weighted by Gasteiger charge is -2.24. The smallest absolute Gasteiger partial charge is 0.387 e. The number of nitrogens with zero attached hydrogens (tertiary/aromatic N) is 1. The summed E-state index contributed by atoms with van der Waals surface area (Å²) in [6.45, 7) is 3.53. The second kappa shape index (κ2) is 9.98. The number of carbonyl (C=O) groups excluding carboxylic acids is 1. The van der Waals surface area contributed by atoms with Gasteiger partial charge in [-0.3, -0.25) is 4.79 Å². The van der Waals surface area contributed by atoms with Crippen LogP contribution in [0.15, 0.2) is 36.4 Å². The molecule has 0 aliphatic heterocycles. The van der Waals surface area contributed by atoms with Crippen LogP contribution in [0.5, 0.6) is 17.2 Å². The number of carbonyl (C=O) groups is 1. The van der Waals surface area contributed by atoms with Gasteiger partial charge in [0, 0.05) is 12.6 Å². The maximum atomic E-state index is 13.0. The number of aryl methyl sites for hydroxylation is 1. The van der Waals surface area contributed by atoms with Crippen molar-refractivity contribution >= 4 is 5.91 Å². The number of amides is 1. The van der Waals surface area contributed by atoms with Crippen molar-refractivity contribution in [2.75, 3.05) is 13.7 Å². The average molecular weight is 433 g/mol. The van der Waals surface area contributed by atoms with E-state index in [4.69, 9.17) is 9.47 Å². The van der Waals surface area contributed by atoms with Gasteiger partial charge >= 0.3 is 6.61 Å². The summed E-state index contributed by atoms with van der Waals surface area (Å²) >= 11 is 0. The maximum absolute atomic E-state index is 13.0. The third-order valence-electron chi connectivity index (χ3n) is 5.25. The summed E-state index contributed by atoms with van der Waals surface area (Å²) in [5, 5.41) is 0. The number of methoxy groups -OCH3 is 1. The van der Waals surface area contributed by atoms with E-state index in [0.29, 0.717) is 6.54 Å². The Morgan fingerprint density at radius 3 is 2.45 bits per heavy atom. The Hall–Kier alpha value is -2.83. The molecule has 0 N–H and O–H groups in total. The van der Waals surface area contributed by atoms with Crippen molar-refractivity contribution in [1.29, 1.82) is 0 Å². The van der Waals surface area contributed by atoms with Crippen LogP contribution in [0.2, 0.25) is 0 Å². The first-order valence-corrected chi connectivity index (χ1v) is 10.4. The molecule has 2 aromatic rings. The van der Waals surface area contributed by atoms with Gasteiger partial charge < -0.3 is 19.1 Å². The molecular weight excluding hydrogens is 404 g/mol. The standard InChI is InChI=1S/C24H29F2NO4/c1-15(2)19-9-5-16(3)11-21(19)30-14-23(28)27(18-7-8-18)13-17-6-10-20(31-24(25)26)22(12-17)29-4/h5-6,9-12,15,18,24H,7-8,13-14H2,1-4H3. The zero-order valence-corrected chi connectivity index (χ0v) is 18.4. The van der Waals surface area contributed by atoms with Crippen molar-refractivity contribution in [1.82, 2.24) is 4.90 Å². The number of hydrogen-bond acceptors (Lipinski definition) is 4. The molecule has 0 unspecified atom stereocenters. The van der Waals surface area contributed by atoms with E-state index in [-0.39, 0.29) is 36.0 Å². The Balaban J connectivity index is 1.70. The fraction of sp³-hybridized carbons (Fsp3) is 0.458. The SMILES string of the molecule is COc1cc(CN(C(=O)COc2cc(C)ccc2C(C)C)C2CC2)ccc1OC(F)F. The van der Waals surface area contributed by atoms with Crippen molar-refractivity contribution in [2.24, 2.45) is 0 Å². The molecule has 31 heavy (non-hydrogen) atoms. The molecule has 0 saturated heterocycles. The van der Waals surface area contributed by atoms with Crippen molar-refractivity contribution in [2.45, 2.75) is 58.7 Å². The minimum absolute atomic E-state index is 0.0328. The first-order valence-electron chi connectivity index (χ1n) is 10.4. The fourth-order valence-electron chi connectivity index (χ4n) is 3.47. The third-order valence-corrected chi connectivity index (χ3v) is 5.25. The number of benzene rings is 2. The summed E-state index contributed by atoms with van der Waals surface area (Å²) in [7, 11) is 1.39. The van der Waals surface area contributed by atoms with Crippen molar-refractivity contribution < 1.29 is 27.8 Å². The molecule has 0 spiro atoms. The van der Waals surface area contributed by atoms with E-state index < -0.39 is 6.61 Å². The number of rotatable bonds is 10. The quantitative estimate of drug-likeness (QED) is 0.510. The van der Waals surface area contributed by atoms with Crippen LogP contribution >= 0.6 is 0 Å². The molecule has 0 radical (unpaired) electrons. The van der Waals surface area contributed by atoms with Crippen LogP contribution in [0.1, 0.15) is 49.3 Å². The Morgan fingerprint density at radius 2 is 1.84 bits per heavy atom. The monoisotopic (exact) mass is 433 g/mol. The summed E-state index contributed by atoms with van der Waals surface area (Å²) in [4.78, 5) is 14.8. The molecule has 0 atom stereocenters. The van der Waals surface area contributed by atoms with E-state index in [1.807, 2.05) is 25.1 Å². The highest BCUT2D eigenvalue weighted by atomic mass is 19.3. The molecule has 2 aromatic carbocycles. The highest BCUT2D eigenvalue weighted by Crippen LogP contribution is 2.33. The molecule has 7 heteroatoms. The van der Waals surface area contributed by atoms with Gasteiger partial charge in [0.25, 0.3) is 5.91 Å². The zero-order valence-electron chi connectivity index (χ0n) is 18.4. The van der Waals surface area contributed by atoms with Crippen LogP contribution in [0.25, 0.3) is 0 Å². The first-order chi connectivity index (χ1) is 14.8. The summed E-state index contributed by atoms with van der Waals surface area (Å²) in [6, 6.07) is 10.9. The highest BCUT2D eigenvalue weighted by Gasteiger charge is 2.33. The minimum atomic E-state index is -2.93. The van der Waals surface area contributed by atoms with Gasteiger partial charge in [-0.25, -0.2) is 0 Å². The molecule has 1 aliphatic rings. The second-order valence-corrected chi connectivity index (χ2v) is 8.10. The number of alkyl halides is 2. The van der Waals surface area contributed by atoms with Gasteiger partial charge in [0.2, 0.25) is 0 Å². The Kier molecular flexibility index (Phi) is 7.36. The van der Waals surface area contributed by atoms with Gasteiger partial charge in [0.15, 0.2) is 18.1 Å². The third kappa shape index (κ3) is 6.09. The second-order valence-electron chi connectivity index (χ2n) is 8.10. The minimum Gasteiger partial charge on any atom is -0.493 e. The highest BCUT2D eigenvalue weighted by molar-refractivity contribution is 5.78. The van der Waals surface area contributed by atoms with E-state index >= 15 is 0 Å². The van der Waals surface area contributed by atoms with Crippen molar-refractivity contribution in [3.05, 3.63) is 53.1 Å². The summed E-state index contributed by atoms with van der Waals surface area (Å²) < 4.78 is 40.7. The number of hydrogen-bond donors (Lipinski definition) is 0. The largest absolute Gasteiger partial charge is 0.493 e. The number of halogens is 2. The lowest BCUT2D eigenvalue weighted by Crippen LogP contribution is -2.36. The molecule has 1 saturated carbocycles. The molecule has 1 amide bonds. The van der Waals surface area contributed by atoms with Gasteiger partial charge in [-0.05, 0) is 60.6 Å². The van der Waals surface area contributed by atoms with Gasteiger partial charge in [0.05, 0.1) is 7.11 Å². The normalized spacial score (nSPS) is 13.4. The van der Waals surface area contributed by atoms with Crippen molar-refractivity contribution in [3.8, 4) is 17.2 Å². The predicted octanol–water partition coefficient (Wildman–Crippen LogP) is 5.30. The summed E-state index contributed by atoms with van der Waals surface area (Å²) in [6.07, 6.45) is 1.88. The molecular formula is C24H29F2NO4. The van der Waals surface area contributed by atoms with Gasteiger partial charge in [-0.1, -0.05) is 32.0 Å². The van der Waals surface area contributed by atoms with Crippen LogP contribution < -0.4 is 14.2 Å². The van der Waals surface area contributed by atoms with Crippen LogP contribution in [-0.2, 0) is 11.3 Å². The first kappa shape index (κ1) is 22.8. The molecule has 1 aliphatic carbocycles. The molecule has 0 heterocycles. The molecule has 5 nitrogen and oxygen atoms in total. The zero-order chi connectivity index (χ0) is 22.5. The van der Waals surface area contributed by atoms with E-state index in [9.17, 15) is 13.6 Å². The molecule has 3 rings (SSSR count). The van der Waals surface area contributed by atoms with Gasteiger partial charge in [-0.2, -0.15) is 8.78 Å². The Bertz CT molecular complexity index is 912. The van der Waals surface area contributed by atoms with E-state index in [1.165, 1.54) is 13.2 Å². The topological polar surface area (TPSA) is 48.0 Å². The molecule has 0 aromatic heterocycles. The maximum Gasteiger partial charge on any atom is 0.387 e. The summed E-state index contributed by atoms with van der Waals surface area (Å²) in [5.41, 5.74) is 2.91. The van der Waals surface area contributed by atoms with E-state index in [0.717, 1.165) is 35.3 Å². The average Bonchev–Trinajstić information content (AvgIpc) is 3.55. The summed E-state index contributed by atoms with van der Waals surface area (Å²) in [5.74, 6) is 1.08. The van der Waals surface area contributed by atoms with Crippen molar-refractivity contribution in [3.63, 3.8) is 0 Å². The molecule has 1 fully saturated rings. The number of ether oxygens (including phenoxy) is 3.